The van der Waals surface area contributed by atoms with Crippen molar-refractivity contribution in [3.63, 3.8) is 0 Å². The zero-order valence-electron chi connectivity index (χ0n) is 32.0. The molecule has 0 aromatic heterocycles. The molecule has 0 spiro atoms. The molecule has 292 valence electrons. The summed E-state index contributed by atoms with van der Waals surface area (Å²) in [7, 11) is 0. The summed E-state index contributed by atoms with van der Waals surface area (Å²) < 4.78 is 24.3. The van der Waals surface area contributed by atoms with Gasteiger partial charge in [-0.25, -0.2) is 0 Å². The molecule has 4 fully saturated rings. The average molecular weight is 720 g/mol. The number of hydrogen-bond donors (Lipinski definition) is 3. The van der Waals surface area contributed by atoms with Crippen LogP contribution < -0.4 is 17.2 Å². The summed E-state index contributed by atoms with van der Waals surface area (Å²) in [6.45, 7) is 10.2. The van der Waals surface area contributed by atoms with Gasteiger partial charge in [0.05, 0.1) is 25.9 Å². The van der Waals surface area contributed by atoms with Gasteiger partial charge in [-0.15, -0.1) is 0 Å². The van der Waals surface area contributed by atoms with Crippen molar-refractivity contribution in [2.24, 2.45) is 63.5 Å². The maximum atomic E-state index is 13.2. The summed E-state index contributed by atoms with van der Waals surface area (Å²) in [6, 6.07) is 0. The van der Waals surface area contributed by atoms with E-state index >= 15 is 0 Å². The summed E-state index contributed by atoms with van der Waals surface area (Å²) >= 11 is 0. The molecule has 11 atom stereocenters. The first-order valence-electron chi connectivity index (χ1n) is 20.3. The minimum atomic E-state index is -0.370. The second kappa shape index (κ2) is 19.2. The predicted octanol–water partition coefficient (Wildman–Crippen LogP) is 5.58. The predicted molar refractivity (Wildman–Crippen MR) is 195 cm³/mol. The lowest BCUT2D eigenvalue weighted by molar-refractivity contribution is -0.225. The molecule has 4 rings (SSSR count). The first-order chi connectivity index (χ1) is 24.4. The molecule has 51 heavy (non-hydrogen) atoms. The van der Waals surface area contributed by atoms with Crippen molar-refractivity contribution in [1.29, 1.82) is 0 Å². The number of nitrogens with two attached hydrogens (primary N) is 3. The van der Waals surface area contributed by atoms with E-state index in [2.05, 4.69) is 27.7 Å². The van der Waals surface area contributed by atoms with Crippen LogP contribution in [0.1, 0.15) is 137 Å². The Hall–Kier alpha value is -2.24. The van der Waals surface area contributed by atoms with Crippen LogP contribution in [-0.2, 0) is 38.1 Å². The molecular weight excluding hydrogens is 650 g/mol. The number of fused-ring (bicyclic) bond motifs is 5. The lowest BCUT2D eigenvalue weighted by Crippen LogP contribution is -2.63. The van der Waals surface area contributed by atoms with Gasteiger partial charge in [0.15, 0.2) is 0 Å². The van der Waals surface area contributed by atoms with Crippen molar-refractivity contribution >= 4 is 23.9 Å². The molecular formula is C40H69N3O8. The molecule has 0 amide bonds. The van der Waals surface area contributed by atoms with Gasteiger partial charge in [-0.05, 0) is 92.8 Å². The van der Waals surface area contributed by atoms with Gasteiger partial charge in [0.2, 0.25) is 0 Å². The molecule has 6 N–H and O–H groups in total. The fraction of sp³-hybridized carbons (Fsp3) is 0.900. The average Bonchev–Trinajstić information content (AvgIpc) is 3.44. The van der Waals surface area contributed by atoms with Gasteiger partial charge in [-0.1, -0.05) is 53.4 Å². The maximum Gasteiger partial charge on any atom is 0.307 e. The summed E-state index contributed by atoms with van der Waals surface area (Å²) in [5.74, 6) is -0.00580. The summed E-state index contributed by atoms with van der Waals surface area (Å²) in [4.78, 5) is 51.5. The van der Waals surface area contributed by atoms with Crippen molar-refractivity contribution in [2.75, 3.05) is 26.2 Å². The molecule has 0 aromatic carbocycles. The quantitative estimate of drug-likeness (QED) is 0.0861. The van der Waals surface area contributed by atoms with Gasteiger partial charge >= 0.3 is 23.9 Å². The number of rotatable bonds is 19. The fourth-order valence-corrected chi connectivity index (χ4v) is 11.0. The van der Waals surface area contributed by atoms with E-state index < -0.39 is 0 Å². The van der Waals surface area contributed by atoms with Gasteiger partial charge in [0.25, 0.3) is 0 Å². The Morgan fingerprint density at radius 2 is 1.37 bits per heavy atom. The van der Waals surface area contributed by atoms with Crippen molar-refractivity contribution < 1.29 is 38.1 Å². The smallest absolute Gasteiger partial charge is 0.307 e. The first kappa shape index (κ1) is 41.5. The van der Waals surface area contributed by atoms with Crippen LogP contribution >= 0.6 is 0 Å². The van der Waals surface area contributed by atoms with E-state index in [4.69, 9.17) is 36.1 Å². The van der Waals surface area contributed by atoms with Crippen molar-refractivity contribution in [3.8, 4) is 0 Å². The topological polar surface area (TPSA) is 183 Å². The third kappa shape index (κ3) is 9.85. The third-order valence-corrected chi connectivity index (χ3v) is 13.7. The Labute approximate surface area is 306 Å². The van der Waals surface area contributed by atoms with Gasteiger partial charge in [0.1, 0.15) is 18.3 Å². The van der Waals surface area contributed by atoms with Crippen LogP contribution in [0.2, 0.25) is 0 Å². The van der Waals surface area contributed by atoms with Crippen LogP contribution in [0.5, 0.6) is 0 Å². The van der Waals surface area contributed by atoms with E-state index in [1.807, 2.05) is 0 Å². The Morgan fingerprint density at radius 3 is 2.04 bits per heavy atom. The monoisotopic (exact) mass is 720 g/mol. The standard InChI is InChI=1S/C40H69N3O8/c1-5-6-7-8-9-22-48-34(44)13-10-26(2)29-11-12-30-38-31(25-33(40(29,30)4)51-37(47)17-21-43)39(3)18-14-28(49-35(45)15-19-41)23-27(39)24-32(38)50-36(46)16-20-42/h26-33,38H,5-25,41-43H2,1-4H3/t26-,27?,28-,29-,30+,31+,32-,33+,38?,39+,40-/m1/s1. The Bertz CT molecular complexity index is 1170. The van der Waals surface area contributed by atoms with E-state index in [1.165, 1.54) is 19.3 Å². The Kier molecular flexibility index (Phi) is 15.6. The Morgan fingerprint density at radius 1 is 0.725 bits per heavy atom. The number of hydrogen-bond acceptors (Lipinski definition) is 11. The van der Waals surface area contributed by atoms with Crippen LogP contribution in [0.3, 0.4) is 0 Å². The van der Waals surface area contributed by atoms with Crippen LogP contribution in [0, 0.1) is 46.3 Å². The van der Waals surface area contributed by atoms with Gasteiger partial charge in [0, 0.05) is 37.4 Å². The largest absolute Gasteiger partial charge is 0.466 e. The molecule has 4 saturated carbocycles. The van der Waals surface area contributed by atoms with Crippen molar-refractivity contribution in [1.82, 2.24) is 0 Å². The lowest BCUT2D eigenvalue weighted by atomic mass is 9.43. The third-order valence-electron chi connectivity index (χ3n) is 13.7. The SMILES string of the molecule is CCCCCCCOC(=O)CC[C@@H](C)[C@H]1CC[C@H]2C3[C@H](OC(=O)CCN)CC4C[C@H](OC(=O)CCN)CC[C@]4(C)[C@H]3C[C@H](OC(=O)CCN)[C@]12C. The molecule has 0 radical (unpaired) electrons. The van der Waals surface area contributed by atoms with Crippen LogP contribution in [0.4, 0.5) is 0 Å². The zero-order chi connectivity index (χ0) is 37.2. The second-order valence-corrected chi connectivity index (χ2v) is 16.7. The van der Waals surface area contributed by atoms with Crippen LogP contribution in [-0.4, -0.2) is 68.4 Å². The van der Waals surface area contributed by atoms with E-state index in [9.17, 15) is 19.2 Å². The highest BCUT2D eigenvalue weighted by Crippen LogP contribution is 2.69. The van der Waals surface area contributed by atoms with Crippen LogP contribution in [0.15, 0.2) is 0 Å². The maximum absolute atomic E-state index is 13.2. The molecule has 0 bridgehead atoms. The van der Waals surface area contributed by atoms with Crippen molar-refractivity contribution in [2.45, 2.75) is 155 Å². The second-order valence-electron chi connectivity index (χ2n) is 16.7. The van der Waals surface area contributed by atoms with E-state index in [-0.39, 0.29) is 127 Å². The highest BCUT2D eigenvalue weighted by atomic mass is 16.6. The van der Waals surface area contributed by atoms with Gasteiger partial charge < -0.3 is 36.1 Å². The van der Waals surface area contributed by atoms with E-state index in [0.29, 0.717) is 38.7 Å². The van der Waals surface area contributed by atoms with E-state index in [1.54, 1.807) is 0 Å². The number of carbonyl (C=O) groups is 4. The van der Waals surface area contributed by atoms with Crippen molar-refractivity contribution in [3.05, 3.63) is 0 Å². The number of unbranched alkanes of at least 4 members (excludes halogenated alkanes) is 4. The Balaban J connectivity index is 1.58. The lowest BCUT2D eigenvalue weighted by Gasteiger charge is -2.64. The molecule has 0 aliphatic heterocycles. The molecule has 4 aliphatic carbocycles. The highest BCUT2D eigenvalue weighted by Gasteiger charge is 2.67. The molecule has 4 aliphatic rings. The summed E-state index contributed by atoms with van der Waals surface area (Å²) in [6.07, 6.45) is 11.9. The normalized spacial score (nSPS) is 34.7. The first-order valence-corrected chi connectivity index (χ1v) is 20.3. The molecule has 0 heterocycles. The summed E-state index contributed by atoms with van der Waals surface area (Å²) in [5, 5.41) is 0. The van der Waals surface area contributed by atoms with E-state index in [0.717, 1.165) is 38.5 Å². The van der Waals surface area contributed by atoms with Gasteiger partial charge in [-0.3, -0.25) is 19.2 Å². The van der Waals surface area contributed by atoms with Gasteiger partial charge in [-0.2, -0.15) is 0 Å². The number of ether oxygens (including phenoxy) is 4. The zero-order valence-corrected chi connectivity index (χ0v) is 32.0. The molecule has 0 aromatic rings. The minimum absolute atomic E-state index is 0.0913. The number of carbonyl (C=O) groups excluding carboxylic acids is 4. The van der Waals surface area contributed by atoms with Crippen LogP contribution in [0.25, 0.3) is 0 Å². The fourth-order valence-electron chi connectivity index (χ4n) is 11.0. The minimum Gasteiger partial charge on any atom is -0.466 e. The highest BCUT2D eigenvalue weighted by molar-refractivity contribution is 5.71. The number of esters is 4. The molecule has 11 heteroatoms. The molecule has 0 saturated heterocycles. The summed E-state index contributed by atoms with van der Waals surface area (Å²) in [5.41, 5.74) is 16.7. The molecule has 2 unspecified atom stereocenters. The molecule has 11 nitrogen and oxygen atoms in total.